The summed E-state index contributed by atoms with van der Waals surface area (Å²) in [6.45, 7) is 2.25. The lowest BCUT2D eigenvalue weighted by Crippen LogP contribution is -2.51. The van der Waals surface area contributed by atoms with Crippen molar-refractivity contribution < 1.29 is 24.0 Å². The first-order chi connectivity index (χ1) is 10.9. The van der Waals surface area contributed by atoms with Gasteiger partial charge in [0.2, 0.25) is 0 Å². The number of hydrogen-bond donors (Lipinski definition) is 2. The molecule has 0 unspecified atom stereocenters. The summed E-state index contributed by atoms with van der Waals surface area (Å²) in [6.07, 6.45) is 1.86. The number of nitrogens with zero attached hydrogens (tertiary/aromatic N) is 1. The lowest BCUT2D eigenvalue weighted by molar-refractivity contribution is -0.384. The Labute approximate surface area is 130 Å². The molecule has 9 nitrogen and oxygen atoms in total. The predicted molar refractivity (Wildman–Crippen MR) is 78.5 cm³/mol. The van der Waals surface area contributed by atoms with Crippen LogP contribution in [0.4, 0.5) is 10.5 Å². The van der Waals surface area contributed by atoms with Gasteiger partial charge >= 0.3 is 6.03 Å². The molecule has 120 valence electrons. The van der Waals surface area contributed by atoms with Gasteiger partial charge in [0, 0.05) is 17.7 Å². The Bertz CT molecular complexity index is 703. The maximum atomic E-state index is 11.7. The van der Waals surface area contributed by atoms with Gasteiger partial charge in [0.05, 0.1) is 11.5 Å². The number of nitrogens with one attached hydrogen (secondary N) is 2. The van der Waals surface area contributed by atoms with Crippen molar-refractivity contribution in [1.29, 1.82) is 0 Å². The van der Waals surface area contributed by atoms with E-state index in [4.69, 9.17) is 4.74 Å². The number of non-ortho nitro benzene ring substituents is 1. The van der Waals surface area contributed by atoms with Crippen LogP contribution in [-0.2, 0) is 9.59 Å². The molecule has 0 radical (unpaired) electrons. The number of barbiturate groups is 1. The summed E-state index contributed by atoms with van der Waals surface area (Å²) < 4.78 is 5.46. The van der Waals surface area contributed by atoms with E-state index in [1.807, 2.05) is 17.6 Å². The Morgan fingerprint density at radius 1 is 1.22 bits per heavy atom. The minimum atomic E-state index is -0.918. The van der Waals surface area contributed by atoms with Crippen molar-refractivity contribution in [3.8, 4) is 5.75 Å². The third-order valence-corrected chi connectivity index (χ3v) is 2.91. The van der Waals surface area contributed by atoms with E-state index in [1.165, 1.54) is 18.2 Å². The maximum absolute atomic E-state index is 11.7. The molecule has 0 saturated carbocycles. The molecule has 1 aromatic rings. The van der Waals surface area contributed by atoms with Crippen LogP contribution >= 0.6 is 0 Å². The fraction of sp³-hybridized carbons (Fsp3) is 0.214. The van der Waals surface area contributed by atoms with E-state index in [9.17, 15) is 24.5 Å². The van der Waals surface area contributed by atoms with Gasteiger partial charge in [-0.1, -0.05) is 6.92 Å². The fourth-order valence-electron chi connectivity index (χ4n) is 1.87. The van der Waals surface area contributed by atoms with Gasteiger partial charge < -0.3 is 4.74 Å². The van der Waals surface area contributed by atoms with E-state index in [0.29, 0.717) is 18.8 Å². The van der Waals surface area contributed by atoms with E-state index in [2.05, 4.69) is 0 Å². The van der Waals surface area contributed by atoms with Gasteiger partial charge in [0.25, 0.3) is 17.5 Å². The van der Waals surface area contributed by atoms with E-state index in [1.54, 1.807) is 0 Å². The molecule has 0 aliphatic carbocycles. The van der Waals surface area contributed by atoms with E-state index < -0.39 is 22.8 Å². The second kappa shape index (κ2) is 6.69. The number of urea groups is 1. The highest BCUT2D eigenvalue weighted by molar-refractivity contribution is 6.31. The summed E-state index contributed by atoms with van der Waals surface area (Å²) >= 11 is 0. The largest absolute Gasteiger partial charge is 0.493 e. The third-order valence-electron chi connectivity index (χ3n) is 2.91. The zero-order valence-electron chi connectivity index (χ0n) is 12.1. The molecule has 1 heterocycles. The second-order valence-corrected chi connectivity index (χ2v) is 4.62. The zero-order valence-corrected chi connectivity index (χ0v) is 12.1. The van der Waals surface area contributed by atoms with E-state index >= 15 is 0 Å². The summed E-state index contributed by atoms with van der Waals surface area (Å²) in [5, 5.41) is 14.7. The number of rotatable bonds is 5. The molecule has 9 heteroatoms. The van der Waals surface area contributed by atoms with Crippen LogP contribution in [0.25, 0.3) is 6.08 Å². The van der Waals surface area contributed by atoms with Gasteiger partial charge in [-0.05, 0) is 18.6 Å². The molecule has 1 saturated heterocycles. The average Bonchev–Trinajstić information content (AvgIpc) is 2.49. The SMILES string of the molecule is CCCOc1ccc([N+](=O)[O-])cc1C=C1C(=O)NC(=O)NC1=O. The third kappa shape index (κ3) is 3.70. The zero-order chi connectivity index (χ0) is 17.0. The lowest BCUT2D eigenvalue weighted by Gasteiger charge is -2.15. The van der Waals surface area contributed by atoms with E-state index in [0.717, 1.165) is 6.08 Å². The molecule has 4 amide bonds. The second-order valence-electron chi connectivity index (χ2n) is 4.62. The van der Waals surface area contributed by atoms with Crippen LogP contribution in [0.3, 0.4) is 0 Å². The van der Waals surface area contributed by atoms with Crippen molar-refractivity contribution in [1.82, 2.24) is 10.6 Å². The minimum absolute atomic E-state index is 0.197. The monoisotopic (exact) mass is 319 g/mol. The van der Waals surface area contributed by atoms with Crippen LogP contribution in [0.15, 0.2) is 23.8 Å². The molecule has 1 fully saturated rings. The maximum Gasteiger partial charge on any atom is 0.328 e. The van der Waals surface area contributed by atoms with Crippen LogP contribution in [0.5, 0.6) is 5.75 Å². The summed E-state index contributed by atoms with van der Waals surface area (Å²) in [7, 11) is 0. The predicted octanol–water partition coefficient (Wildman–Crippen LogP) is 1.13. The summed E-state index contributed by atoms with van der Waals surface area (Å²) in [4.78, 5) is 44.8. The molecule has 1 aliphatic heterocycles. The highest BCUT2D eigenvalue weighted by Crippen LogP contribution is 2.27. The first-order valence-corrected chi connectivity index (χ1v) is 6.72. The summed E-state index contributed by atoms with van der Waals surface area (Å²) in [5.41, 5.74) is -0.359. The molecule has 2 N–H and O–H groups in total. The number of amides is 4. The Morgan fingerprint density at radius 2 is 1.87 bits per heavy atom. The average molecular weight is 319 g/mol. The van der Waals surface area contributed by atoms with Crippen molar-refractivity contribution in [2.24, 2.45) is 0 Å². The number of carbonyl (C=O) groups excluding carboxylic acids is 3. The first-order valence-electron chi connectivity index (χ1n) is 6.72. The summed E-state index contributed by atoms with van der Waals surface area (Å²) in [5.74, 6) is -1.47. The molecule has 2 rings (SSSR count). The number of nitro benzene ring substituents is 1. The first kappa shape index (κ1) is 16.1. The highest BCUT2D eigenvalue weighted by Gasteiger charge is 2.28. The fourth-order valence-corrected chi connectivity index (χ4v) is 1.87. The van der Waals surface area contributed by atoms with Gasteiger partial charge in [-0.25, -0.2) is 4.79 Å². The quantitative estimate of drug-likeness (QED) is 0.362. The van der Waals surface area contributed by atoms with Crippen LogP contribution < -0.4 is 15.4 Å². The van der Waals surface area contributed by atoms with Gasteiger partial charge in [-0.3, -0.25) is 30.3 Å². The standard InChI is InChI=1S/C14H13N3O6/c1-2-5-23-11-4-3-9(17(21)22)6-8(11)7-10-12(18)15-14(20)16-13(10)19/h3-4,6-7H,2,5H2,1H3,(H2,15,16,18,19,20). The number of imide groups is 2. The Morgan fingerprint density at radius 3 is 2.43 bits per heavy atom. The molecular weight excluding hydrogens is 306 g/mol. The molecule has 0 atom stereocenters. The van der Waals surface area contributed by atoms with E-state index in [-0.39, 0.29) is 16.8 Å². The minimum Gasteiger partial charge on any atom is -0.493 e. The van der Waals surface area contributed by atoms with Gasteiger partial charge in [0.1, 0.15) is 11.3 Å². The summed E-state index contributed by atoms with van der Waals surface area (Å²) in [6, 6.07) is 2.93. The van der Waals surface area contributed by atoms with Gasteiger partial charge in [-0.2, -0.15) is 0 Å². The van der Waals surface area contributed by atoms with Crippen LogP contribution in [-0.4, -0.2) is 29.4 Å². The van der Waals surface area contributed by atoms with Crippen molar-refractivity contribution in [3.63, 3.8) is 0 Å². The number of ether oxygens (including phenoxy) is 1. The van der Waals surface area contributed by atoms with Crippen LogP contribution in [0, 0.1) is 10.1 Å². The number of benzene rings is 1. The Balaban J connectivity index is 2.46. The number of nitro groups is 1. The van der Waals surface area contributed by atoms with Crippen molar-refractivity contribution in [2.45, 2.75) is 13.3 Å². The normalized spacial score (nSPS) is 14.1. The van der Waals surface area contributed by atoms with Crippen molar-refractivity contribution in [3.05, 3.63) is 39.4 Å². The molecular formula is C14H13N3O6. The van der Waals surface area contributed by atoms with Crippen LogP contribution in [0.1, 0.15) is 18.9 Å². The lowest BCUT2D eigenvalue weighted by atomic mass is 10.1. The Hall–Kier alpha value is -3.23. The molecule has 0 spiro atoms. The molecule has 1 aromatic carbocycles. The molecule has 0 aromatic heterocycles. The van der Waals surface area contributed by atoms with Crippen molar-refractivity contribution in [2.75, 3.05) is 6.61 Å². The Kier molecular flexibility index (Phi) is 4.69. The van der Waals surface area contributed by atoms with Gasteiger partial charge in [0.15, 0.2) is 0 Å². The number of carbonyl (C=O) groups is 3. The van der Waals surface area contributed by atoms with Crippen LogP contribution in [0.2, 0.25) is 0 Å². The number of hydrogen-bond acceptors (Lipinski definition) is 6. The van der Waals surface area contributed by atoms with Crippen molar-refractivity contribution >= 4 is 29.6 Å². The topological polar surface area (TPSA) is 128 Å². The molecule has 0 bridgehead atoms. The molecule has 23 heavy (non-hydrogen) atoms. The smallest absolute Gasteiger partial charge is 0.328 e. The molecule has 1 aliphatic rings. The van der Waals surface area contributed by atoms with Gasteiger partial charge in [-0.15, -0.1) is 0 Å². The highest BCUT2D eigenvalue weighted by atomic mass is 16.6.